The first-order chi connectivity index (χ1) is 10.5. The second kappa shape index (κ2) is 5.73. The number of anilines is 1. The fourth-order valence-corrected chi connectivity index (χ4v) is 2.49. The molecule has 6 heteroatoms. The molecule has 3 aromatic rings. The predicted molar refractivity (Wildman–Crippen MR) is 86.6 cm³/mol. The van der Waals surface area contributed by atoms with E-state index in [0.29, 0.717) is 11.2 Å². The zero-order chi connectivity index (χ0) is 15.7. The number of amides is 1. The highest BCUT2D eigenvalue weighted by Crippen LogP contribution is 2.18. The molecule has 0 spiro atoms. The van der Waals surface area contributed by atoms with E-state index >= 15 is 0 Å². The van der Waals surface area contributed by atoms with Gasteiger partial charge in [-0.05, 0) is 42.5 Å². The molecule has 0 aliphatic rings. The van der Waals surface area contributed by atoms with Gasteiger partial charge in [0, 0.05) is 21.1 Å². The molecule has 1 amide bonds. The zero-order valence-electron chi connectivity index (χ0n) is 11.2. The molecule has 1 aromatic heterocycles. The number of hydrogen-bond acceptors (Lipinski definition) is 2. The summed E-state index contributed by atoms with van der Waals surface area (Å²) in [5.41, 5.74) is 0.396. The number of fused-ring (bicyclic) bond motifs is 1. The van der Waals surface area contributed by atoms with Crippen molar-refractivity contribution in [1.82, 2.24) is 4.98 Å². The molecule has 0 fully saturated rings. The van der Waals surface area contributed by atoms with E-state index in [2.05, 4.69) is 26.2 Å². The Morgan fingerprint density at radius 3 is 2.73 bits per heavy atom. The molecule has 0 bridgehead atoms. The maximum absolute atomic E-state index is 13.1. The van der Waals surface area contributed by atoms with Crippen LogP contribution in [0, 0.1) is 5.82 Å². The van der Waals surface area contributed by atoms with E-state index < -0.39 is 17.3 Å². The molecule has 2 N–H and O–H groups in total. The van der Waals surface area contributed by atoms with Crippen LogP contribution >= 0.6 is 15.9 Å². The first-order valence-corrected chi connectivity index (χ1v) is 7.22. The van der Waals surface area contributed by atoms with E-state index in [4.69, 9.17) is 0 Å². The lowest BCUT2D eigenvalue weighted by Crippen LogP contribution is -2.23. The summed E-state index contributed by atoms with van der Waals surface area (Å²) in [4.78, 5) is 26.9. The number of H-pyrrole nitrogens is 1. The third-order valence-electron chi connectivity index (χ3n) is 3.13. The number of aromatic nitrogens is 1. The Bertz CT molecular complexity index is 937. The smallest absolute Gasteiger partial charge is 0.261 e. The van der Waals surface area contributed by atoms with Crippen LogP contribution in [0.2, 0.25) is 0 Å². The molecule has 0 unspecified atom stereocenters. The number of rotatable bonds is 2. The Morgan fingerprint density at radius 2 is 1.95 bits per heavy atom. The summed E-state index contributed by atoms with van der Waals surface area (Å²) in [6, 6.07) is 12.3. The van der Waals surface area contributed by atoms with Gasteiger partial charge in [-0.15, -0.1) is 0 Å². The fourth-order valence-electron chi connectivity index (χ4n) is 2.11. The van der Waals surface area contributed by atoms with Crippen molar-refractivity contribution >= 4 is 38.4 Å². The average Bonchev–Trinajstić information content (AvgIpc) is 2.47. The fraction of sp³-hybridized carbons (Fsp3) is 0. The summed E-state index contributed by atoms with van der Waals surface area (Å²) in [6.07, 6.45) is 0. The number of benzene rings is 2. The van der Waals surface area contributed by atoms with Gasteiger partial charge in [0.15, 0.2) is 0 Å². The second-order valence-electron chi connectivity index (χ2n) is 4.71. The molecule has 3 rings (SSSR count). The third kappa shape index (κ3) is 2.92. The van der Waals surface area contributed by atoms with Crippen LogP contribution in [0.4, 0.5) is 10.1 Å². The zero-order valence-corrected chi connectivity index (χ0v) is 12.8. The molecule has 4 nitrogen and oxygen atoms in total. The monoisotopic (exact) mass is 360 g/mol. The van der Waals surface area contributed by atoms with E-state index in [1.807, 2.05) is 0 Å². The van der Waals surface area contributed by atoms with Gasteiger partial charge >= 0.3 is 0 Å². The molecule has 0 aliphatic carbocycles. The van der Waals surface area contributed by atoms with Crippen LogP contribution in [0.1, 0.15) is 10.4 Å². The Balaban J connectivity index is 2.00. The van der Waals surface area contributed by atoms with Crippen molar-refractivity contribution in [2.45, 2.75) is 0 Å². The van der Waals surface area contributed by atoms with Gasteiger partial charge in [0.25, 0.3) is 11.5 Å². The van der Waals surface area contributed by atoms with Gasteiger partial charge < -0.3 is 10.3 Å². The molecule has 1 heterocycles. The van der Waals surface area contributed by atoms with Crippen molar-refractivity contribution in [3.8, 4) is 0 Å². The third-order valence-corrected chi connectivity index (χ3v) is 3.63. The second-order valence-corrected chi connectivity index (χ2v) is 5.62. The van der Waals surface area contributed by atoms with Gasteiger partial charge in [-0.25, -0.2) is 4.39 Å². The van der Waals surface area contributed by atoms with E-state index in [1.54, 1.807) is 24.3 Å². The summed E-state index contributed by atoms with van der Waals surface area (Å²) in [5.74, 6) is -1.05. The number of halogens is 2. The van der Waals surface area contributed by atoms with Crippen LogP contribution in [0.3, 0.4) is 0 Å². The first-order valence-electron chi connectivity index (χ1n) is 6.42. The minimum Gasteiger partial charge on any atom is -0.322 e. The van der Waals surface area contributed by atoms with Crippen molar-refractivity contribution in [2.75, 3.05) is 5.32 Å². The van der Waals surface area contributed by atoms with Crippen LogP contribution in [0.5, 0.6) is 0 Å². The lowest BCUT2D eigenvalue weighted by atomic mass is 10.1. The molecule has 22 heavy (non-hydrogen) atoms. The molecule has 0 aliphatic heterocycles. The van der Waals surface area contributed by atoms with Crippen molar-refractivity contribution in [2.24, 2.45) is 0 Å². The standard InChI is InChI=1S/C16H10BrFN2O2/c17-10-4-5-14-9(6-10)7-13(16(22)20-14)15(21)19-12-3-1-2-11(18)8-12/h1-8H,(H,19,21)(H,20,22). The summed E-state index contributed by atoms with van der Waals surface area (Å²) in [6.45, 7) is 0. The van der Waals surface area contributed by atoms with Gasteiger partial charge in [0.05, 0.1) is 0 Å². The van der Waals surface area contributed by atoms with E-state index in [1.165, 1.54) is 24.3 Å². The van der Waals surface area contributed by atoms with Crippen LogP contribution in [0.25, 0.3) is 10.9 Å². The van der Waals surface area contributed by atoms with Gasteiger partial charge in [0.1, 0.15) is 11.4 Å². The molecule has 0 radical (unpaired) electrons. The molecule has 0 atom stereocenters. The first kappa shape index (κ1) is 14.5. The topological polar surface area (TPSA) is 62.0 Å². The van der Waals surface area contributed by atoms with Crippen molar-refractivity contribution < 1.29 is 9.18 Å². The summed E-state index contributed by atoms with van der Waals surface area (Å²) in [5, 5.41) is 3.23. The van der Waals surface area contributed by atoms with Gasteiger partial charge in [-0.3, -0.25) is 9.59 Å². The maximum atomic E-state index is 13.1. The SMILES string of the molecule is O=C(Nc1cccc(F)c1)c1cc2cc(Br)ccc2[nH]c1=O. The molecular weight excluding hydrogens is 351 g/mol. The lowest BCUT2D eigenvalue weighted by molar-refractivity contribution is 0.102. The predicted octanol–water partition coefficient (Wildman–Crippen LogP) is 3.68. The number of pyridine rings is 1. The highest BCUT2D eigenvalue weighted by Gasteiger charge is 2.12. The van der Waals surface area contributed by atoms with Gasteiger partial charge in [-0.1, -0.05) is 22.0 Å². The molecule has 2 aromatic carbocycles. The maximum Gasteiger partial charge on any atom is 0.261 e. The Kier molecular flexibility index (Phi) is 3.77. The van der Waals surface area contributed by atoms with Gasteiger partial charge in [-0.2, -0.15) is 0 Å². The summed E-state index contributed by atoms with van der Waals surface area (Å²) in [7, 11) is 0. The number of nitrogens with one attached hydrogen (secondary N) is 2. The van der Waals surface area contributed by atoms with Crippen LogP contribution in [0.15, 0.2) is 57.8 Å². The number of carbonyl (C=O) groups is 1. The number of aromatic amines is 1. The van der Waals surface area contributed by atoms with E-state index in [9.17, 15) is 14.0 Å². The van der Waals surface area contributed by atoms with Crippen molar-refractivity contribution in [3.63, 3.8) is 0 Å². The highest BCUT2D eigenvalue weighted by atomic mass is 79.9. The van der Waals surface area contributed by atoms with E-state index in [-0.39, 0.29) is 5.56 Å². The normalized spacial score (nSPS) is 10.6. The van der Waals surface area contributed by atoms with E-state index in [0.717, 1.165) is 9.86 Å². The van der Waals surface area contributed by atoms with Crippen molar-refractivity contribution in [1.29, 1.82) is 0 Å². The number of carbonyl (C=O) groups excluding carboxylic acids is 1. The molecule has 0 saturated carbocycles. The Hall–Kier alpha value is -2.47. The minimum absolute atomic E-state index is 0.0325. The quantitative estimate of drug-likeness (QED) is 0.732. The lowest BCUT2D eigenvalue weighted by Gasteiger charge is -2.06. The molecular formula is C16H10BrFN2O2. The Morgan fingerprint density at radius 1 is 1.14 bits per heavy atom. The van der Waals surface area contributed by atoms with Crippen LogP contribution in [-0.2, 0) is 0 Å². The van der Waals surface area contributed by atoms with Crippen LogP contribution < -0.4 is 10.9 Å². The Labute approximate surface area is 133 Å². The van der Waals surface area contributed by atoms with Crippen molar-refractivity contribution in [3.05, 3.63) is 74.7 Å². The molecule has 110 valence electrons. The summed E-state index contributed by atoms with van der Waals surface area (Å²) < 4.78 is 14.0. The van der Waals surface area contributed by atoms with Crippen LogP contribution in [-0.4, -0.2) is 10.9 Å². The number of hydrogen-bond donors (Lipinski definition) is 2. The summed E-state index contributed by atoms with van der Waals surface area (Å²) >= 11 is 3.34. The highest BCUT2D eigenvalue weighted by molar-refractivity contribution is 9.10. The largest absolute Gasteiger partial charge is 0.322 e. The van der Waals surface area contributed by atoms with Gasteiger partial charge in [0.2, 0.25) is 0 Å². The minimum atomic E-state index is -0.589. The average molecular weight is 361 g/mol. The molecule has 0 saturated heterocycles.